The van der Waals surface area contributed by atoms with E-state index < -0.39 is 0 Å². The predicted molar refractivity (Wildman–Crippen MR) is 108 cm³/mol. The van der Waals surface area contributed by atoms with Crippen LogP contribution in [0.5, 0.6) is 0 Å². The lowest BCUT2D eigenvalue weighted by molar-refractivity contribution is 0.0932. The summed E-state index contributed by atoms with van der Waals surface area (Å²) >= 11 is 0. The van der Waals surface area contributed by atoms with Crippen molar-refractivity contribution < 1.29 is 4.79 Å². The van der Waals surface area contributed by atoms with Gasteiger partial charge in [-0.05, 0) is 56.9 Å². The first-order valence-corrected chi connectivity index (χ1v) is 9.84. The average Bonchev–Trinajstić information content (AvgIpc) is 3.18. The van der Waals surface area contributed by atoms with Gasteiger partial charge in [-0.15, -0.1) is 0 Å². The molecule has 0 bridgehead atoms. The number of carbonyl (C=O) groups excluding carboxylic acids is 1. The third-order valence-corrected chi connectivity index (χ3v) is 4.97. The minimum absolute atomic E-state index is 0.0741. The summed E-state index contributed by atoms with van der Waals surface area (Å²) in [6.45, 7) is 7.46. The van der Waals surface area contributed by atoms with E-state index in [0.717, 1.165) is 17.8 Å². The Labute approximate surface area is 165 Å². The lowest BCUT2D eigenvalue weighted by Crippen LogP contribution is -2.32. The van der Waals surface area contributed by atoms with Gasteiger partial charge in [-0.3, -0.25) is 14.2 Å². The molecule has 0 atom stereocenters. The van der Waals surface area contributed by atoms with Crippen LogP contribution in [-0.2, 0) is 18.6 Å². The molecule has 0 spiro atoms. The van der Waals surface area contributed by atoms with Crippen molar-refractivity contribution in [2.75, 3.05) is 0 Å². The Morgan fingerprint density at radius 3 is 2.50 bits per heavy atom. The maximum absolute atomic E-state index is 12.8. The van der Waals surface area contributed by atoms with Crippen molar-refractivity contribution in [3.05, 3.63) is 71.3 Å². The van der Waals surface area contributed by atoms with Gasteiger partial charge in [0.05, 0.1) is 17.8 Å². The molecule has 1 aliphatic rings. The van der Waals surface area contributed by atoms with E-state index in [4.69, 9.17) is 5.10 Å². The number of hydrogen-bond acceptors (Lipinski definition) is 3. The molecule has 0 aliphatic heterocycles. The van der Waals surface area contributed by atoms with E-state index in [-0.39, 0.29) is 11.4 Å². The van der Waals surface area contributed by atoms with Crippen LogP contribution >= 0.6 is 0 Å². The second-order valence-electron chi connectivity index (χ2n) is 8.51. The van der Waals surface area contributed by atoms with Gasteiger partial charge in [0.1, 0.15) is 5.69 Å². The minimum Gasteiger partial charge on any atom is -0.347 e. The summed E-state index contributed by atoms with van der Waals surface area (Å²) in [5.74, 6) is 0.451. The van der Waals surface area contributed by atoms with E-state index in [2.05, 4.69) is 55.5 Å². The maximum Gasteiger partial charge on any atom is 0.269 e. The Kier molecular flexibility index (Phi) is 4.79. The van der Waals surface area contributed by atoms with Gasteiger partial charge < -0.3 is 5.32 Å². The van der Waals surface area contributed by atoms with Crippen molar-refractivity contribution in [1.82, 2.24) is 24.9 Å². The van der Waals surface area contributed by atoms with Crippen LogP contribution in [0, 0.1) is 0 Å². The molecule has 3 aromatic rings. The van der Waals surface area contributed by atoms with E-state index in [0.29, 0.717) is 18.2 Å². The highest BCUT2D eigenvalue weighted by Gasteiger charge is 2.31. The van der Waals surface area contributed by atoms with E-state index in [1.807, 2.05) is 27.7 Å². The Bertz CT molecular complexity index is 944. The number of rotatable bonds is 6. The van der Waals surface area contributed by atoms with Crippen molar-refractivity contribution in [1.29, 1.82) is 0 Å². The molecule has 1 amide bonds. The van der Waals surface area contributed by atoms with E-state index >= 15 is 0 Å². The normalized spacial score (nSPS) is 14.2. The Balaban J connectivity index is 1.41. The molecule has 6 heteroatoms. The second kappa shape index (κ2) is 7.26. The summed E-state index contributed by atoms with van der Waals surface area (Å²) in [7, 11) is 0. The zero-order valence-corrected chi connectivity index (χ0v) is 16.7. The fourth-order valence-electron chi connectivity index (χ4n) is 3.27. The van der Waals surface area contributed by atoms with Gasteiger partial charge in [-0.25, -0.2) is 0 Å². The van der Waals surface area contributed by atoms with E-state index in [9.17, 15) is 4.79 Å². The van der Waals surface area contributed by atoms with Crippen LogP contribution in [0.25, 0.3) is 0 Å². The zero-order chi connectivity index (χ0) is 19.7. The summed E-state index contributed by atoms with van der Waals surface area (Å²) in [5, 5.41) is 12.0. The SMILES string of the molecule is CC(C)(C)n1nc(C2CC2)cc1C(=O)NCc1ccc(Cn2cccn2)cc1. The number of benzene rings is 1. The van der Waals surface area contributed by atoms with Gasteiger partial charge in [0, 0.05) is 24.9 Å². The number of amides is 1. The Morgan fingerprint density at radius 1 is 1.18 bits per heavy atom. The first-order chi connectivity index (χ1) is 13.4. The minimum atomic E-state index is -0.228. The van der Waals surface area contributed by atoms with Crippen LogP contribution in [0.1, 0.15) is 66.8 Å². The first kappa shape index (κ1) is 18.5. The van der Waals surface area contributed by atoms with Crippen LogP contribution in [0.3, 0.4) is 0 Å². The molecule has 0 saturated heterocycles. The standard InChI is InChI=1S/C22H27N5O/c1-22(2,3)27-20(13-19(25-27)18-9-10-18)21(28)23-14-16-5-7-17(8-6-16)15-26-12-4-11-24-26/h4-8,11-13,18H,9-10,14-15H2,1-3H3,(H,23,28). The molecular formula is C22H27N5O. The highest BCUT2D eigenvalue weighted by Crippen LogP contribution is 2.40. The molecule has 4 rings (SSSR count). The third kappa shape index (κ3) is 4.16. The number of nitrogens with zero attached hydrogens (tertiary/aromatic N) is 4. The Hall–Kier alpha value is -2.89. The molecule has 2 aromatic heterocycles. The largest absolute Gasteiger partial charge is 0.347 e. The molecule has 6 nitrogen and oxygen atoms in total. The molecule has 1 fully saturated rings. The van der Waals surface area contributed by atoms with Crippen molar-refractivity contribution >= 4 is 5.91 Å². The summed E-state index contributed by atoms with van der Waals surface area (Å²) in [5.41, 5.74) is 3.71. The van der Waals surface area contributed by atoms with Crippen molar-refractivity contribution in [3.8, 4) is 0 Å². The summed E-state index contributed by atoms with van der Waals surface area (Å²) in [6, 6.07) is 12.1. The second-order valence-corrected chi connectivity index (χ2v) is 8.51. The van der Waals surface area contributed by atoms with E-state index in [1.165, 1.54) is 18.4 Å². The highest BCUT2D eigenvalue weighted by molar-refractivity contribution is 5.92. The van der Waals surface area contributed by atoms with Gasteiger partial charge in [0.25, 0.3) is 5.91 Å². The predicted octanol–water partition coefficient (Wildman–Crippen LogP) is 3.69. The summed E-state index contributed by atoms with van der Waals surface area (Å²) in [6.07, 6.45) is 6.07. The average molecular weight is 377 g/mol. The summed E-state index contributed by atoms with van der Waals surface area (Å²) in [4.78, 5) is 12.8. The van der Waals surface area contributed by atoms with E-state index in [1.54, 1.807) is 6.20 Å². The number of hydrogen-bond donors (Lipinski definition) is 1. The van der Waals surface area contributed by atoms with Crippen molar-refractivity contribution in [2.24, 2.45) is 0 Å². The molecule has 0 unspecified atom stereocenters. The maximum atomic E-state index is 12.8. The van der Waals surface area contributed by atoms with Crippen LogP contribution < -0.4 is 5.32 Å². The molecule has 1 aliphatic carbocycles. The zero-order valence-electron chi connectivity index (χ0n) is 16.7. The first-order valence-electron chi connectivity index (χ1n) is 9.84. The van der Waals surface area contributed by atoms with Crippen molar-refractivity contribution in [3.63, 3.8) is 0 Å². The fraction of sp³-hybridized carbons (Fsp3) is 0.409. The number of nitrogens with one attached hydrogen (secondary N) is 1. The molecule has 146 valence electrons. The van der Waals surface area contributed by atoms with Gasteiger partial charge in [0.2, 0.25) is 0 Å². The molecule has 1 saturated carbocycles. The molecule has 0 radical (unpaired) electrons. The van der Waals surface area contributed by atoms with Crippen LogP contribution in [0.15, 0.2) is 48.8 Å². The van der Waals surface area contributed by atoms with Gasteiger partial charge in [0.15, 0.2) is 0 Å². The molecule has 28 heavy (non-hydrogen) atoms. The third-order valence-electron chi connectivity index (χ3n) is 4.97. The van der Waals surface area contributed by atoms with Gasteiger partial charge in [-0.1, -0.05) is 24.3 Å². The van der Waals surface area contributed by atoms with Crippen LogP contribution in [-0.4, -0.2) is 25.5 Å². The Morgan fingerprint density at radius 2 is 1.89 bits per heavy atom. The number of carbonyl (C=O) groups is 1. The molecule has 1 aromatic carbocycles. The number of aromatic nitrogens is 4. The van der Waals surface area contributed by atoms with Crippen LogP contribution in [0.2, 0.25) is 0 Å². The molecule has 2 heterocycles. The molecular weight excluding hydrogens is 350 g/mol. The highest BCUT2D eigenvalue weighted by atomic mass is 16.2. The lowest BCUT2D eigenvalue weighted by atomic mass is 10.1. The fourth-order valence-corrected chi connectivity index (χ4v) is 3.27. The van der Waals surface area contributed by atoms with Gasteiger partial charge in [-0.2, -0.15) is 10.2 Å². The lowest BCUT2D eigenvalue weighted by Gasteiger charge is -2.22. The van der Waals surface area contributed by atoms with Gasteiger partial charge >= 0.3 is 0 Å². The summed E-state index contributed by atoms with van der Waals surface area (Å²) < 4.78 is 3.76. The molecule has 1 N–H and O–H groups in total. The van der Waals surface area contributed by atoms with Crippen LogP contribution in [0.4, 0.5) is 0 Å². The van der Waals surface area contributed by atoms with Crippen molar-refractivity contribution in [2.45, 2.75) is 58.2 Å². The topological polar surface area (TPSA) is 64.7 Å². The monoisotopic (exact) mass is 377 g/mol. The smallest absolute Gasteiger partial charge is 0.269 e. The quantitative estimate of drug-likeness (QED) is 0.712.